The Labute approximate surface area is 127 Å². The summed E-state index contributed by atoms with van der Waals surface area (Å²) >= 11 is 0. The highest BCUT2D eigenvalue weighted by Crippen LogP contribution is 2.23. The topological polar surface area (TPSA) is 49.9 Å². The average molecular weight is 295 g/mol. The normalized spacial score (nSPS) is 23.3. The van der Waals surface area contributed by atoms with E-state index < -0.39 is 5.60 Å². The first kappa shape index (κ1) is 16.1. The SMILES string of the molecule is CC(C)(C)OC(=O)N1CCC[C@@H](CC(=O)N2C[CH]CC2)C1. The van der Waals surface area contributed by atoms with Crippen LogP contribution in [0.5, 0.6) is 0 Å². The number of hydrogen-bond donors (Lipinski definition) is 0. The van der Waals surface area contributed by atoms with Crippen LogP contribution < -0.4 is 0 Å². The molecule has 21 heavy (non-hydrogen) atoms. The number of carbonyl (C=O) groups is 2. The van der Waals surface area contributed by atoms with Gasteiger partial charge in [-0.25, -0.2) is 4.79 Å². The van der Waals surface area contributed by atoms with Crippen LogP contribution in [0.1, 0.15) is 46.5 Å². The van der Waals surface area contributed by atoms with E-state index in [1.54, 1.807) is 4.90 Å². The van der Waals surface area contributed by atoms with E-state index in [4.69, 9.17) is 4.74 Å². The summed E-state index contributed by atoms with van der Waals surface area (Å²) in [6.07, 6.45) is 5.40. The molecular weight excluding hydrogens is 268 g/mol. The van der Waals surface area contributed by atoms with Crippen molar-refractivity contribution in [3.8, 4) is 0 Å². The summed E-state index contributed by atoms with van der Waals surface area (Å²) in [4.78, 5) is 28.0. The highest BCUT2D eigenvalue weighted by molar-refractivity contribution is 5.77. The number of ether oxygens (including phenoxy) is 1. The van der Waals surface area contributed by atoms with Crippen LogP contribution in [-0.2, 0) is 9.53 Å². The molecule has 5 nitrogen and oxygen atoms in total. The van der Waals surface area contributed by atoms with E-state index >= 15 is 0 Å². The van der Waals surface area contributed by atoms with E-state index in [2.05, 4.69) is 6.42 Å². The van der Waals surface area contributed by atoms with Gasteiger partial charge in [0.05, 0.1) is 0 Å². The molecule has 0 aromatic carbocycles. The highest BCUT2D eigenvalue weighted by atomic mass is 16.6. The molecule has 2 aliphatic rings. The van der Waals surface area contributed by atoms with Gasteiger partial charge < -0.3 is 14.5 Å². The summed E-state index contributed by atoms with van der Waals surface area (Å²) in [5, 5.41) is 0. The molecule has 2 heterocycles. The van der Waals surface area contributed by atoms with Gasteiger partial charge in [-0.2, -0.15) is 0 Å². The minimum Gasteiger partial charge on any atom is -0.444 e. The highest BCUT2D eigenvalue weighted by Gasteiger charge is 2.30. The van der Waals surface area contributed by atoms with Gasteiger partial charge in [0.25, 0.3) is 0 Å². The van der Waals surface area contributed by atoms with E-state index in [0.717, 1.165) is 38.9 Å². The van der Waals surface area contributed by atoms with Crippen LogP contribution in [-0.4, -0.2) is 53.6 Å². The largest absolute Gasteiger partial charge is 0.444 e. The first-order valence-electron chi connectivity index (χ1n) is 7.92. The monoisotopic (exact) mass is 295 g/mol. The summed E-state index contributed by atoms with van der Waals surface area (Å²) in [6.45, 7) is 8.62. The molecule has 2 fully saturated rings. The molecule has 2 aliphatic heterocycles. The van der Waals surface area contributed by atoms with Gasteiger partial charge in [0.2, 0.25) is 5.91 Å². The molecule has 119 valence electrons. The summed E-state index contributed by atoms with van der Waals surface area (Å²) in [5.41, 5.74) is -0.467. The zero-order valence-corrected chi connectivity index (χ0v) is 13.4. The van der Waals surface area contributed by atoms with Crippen LogP contribution in [0, 0.1) is 12.3 Å². The smallest absolute Gasteiger partial charge is 0.410 e. The molecule has 0 aromatic heterocycles. The van der Waals surface area contributed by atoms with Gasteiger partial charge in [-0.1, -0.05) is 0 Å². The van der Waals surface area contributed by atoms with Gasteiger partial charge in [0.15, 0.2) is 0 Å². The fraction of sp³-hybridized carbons (Fsp3) is 0.812. The minimum atomic E-state index is -0.467. The maximum atomic E-state index is 12.2. The second-order valence-corrected chi connectivity index (χ2v) is 7.06. The average Bonchev–Trinajstić information content (AvgIpc) is 2.91. The van der Waals surface area contributed by atoms with Crippen molar-refractivity contribution >= 4 is 12.0 Å². The Morgan fingerprint density at radius 1 is 1.24 bits per heavy atom. The molecular formula is C16H27N2O3. The van der Waals surface area contributed by atoms with Gasteiger partial charge in [0.1, 0.15) is 5.60 Å². The number of rotatable bonds is 2. The Morgan fingerprint density at radius 2 is 2.00 bits per heavy atom. The second-order valence-electron chi connectivity index (χ2n) is 7.06. The lowest BCUT2D eigenvalue weighted by atomic mass is 9.94. The molecule has 0 saturated carbocycles. The fourth-order valence-electron chi connectivity index (χ4n) is 2.91. The zero-order valence-electron chi connectivity index (χ0n) is 13.4. The third-order valence-corrected chi connectivity index (χ3v) is 3.94. The molecule has 0 bridgehead atoms. The zero-order chi connectivity index (χ0) is 15.5. The molecule has 1 atom stereocenters. The number of carbonyl (C=O) groups excluding carboxylic acids is 2. The van der Waals surface area contributed by atoms with Crippen LogP contribution in [0.15, 0.2) is 0 Å². The molecule has 1 radical (unpaired) electrons. The molecule has 5 heteroatoms. The Morgan fingerprint density at radius 3 is 2.62 bits per heavy atom. The molecule has 0 aromatic rings. The summed E-state index contributed by atoms with van der Waals surface area (Å²) in [5.74, 6) is 0.485. The Kier molecular flexibility index (Phi) is 5.12. The second kappa shape index (κ2) is 6.67. The van der Waals surface area contributed by atoms with Crippen molar-refractivity contribution in [3.05, 3.63) is 6.42 Å². The van der Waals surface area contributed by atoms with Crippen LogP contribution in [0.2, 0.25) is 0 Å². The number of nitrogens with zero attached hydrogens (tertiary/aromatic N) is 2. The maximum Gasteiger partial charge on any atom is 0.410 e. The Bertz CT molecular complexity index is 383. The van der Waals surface area contributed by atoms with Gasteiger partial charge in [-0.05, 0) is 52.4 Å². The van der Waals surface area contributed by atoms with Crippen LogP contribution in [0.4, 0.5) is 4.79 Å². The lowest BCUT2D eigenvalue weighted by molar-refractivity contribution is -0.131. The predicted molar refractivity (Wildman–Crippen MR) is 80.6 cm³/mol. The third-order valence-electron chi connectivity index (χ3n) is 3.94. The lowest BCUT2D eigenvalue weighted by Gasteiger charge is -2.34. The van der Waals surface area contributed by atoms with E-state index in [1.807, 2.05) is 25.7 Å². The Hall–Kier alpha value is -1.26. The van der Waals surface area contributed by atoms with Crippen LogP contribution in [0.25, 0.3) is 0 Å². The summed E-state index contributed by atoms with van der Waals surface area (Å²) in [7, 11) is 0. The molecule has 2 saturated heterocycles. The standard InChI is InChI=1S/C16H27N2O3/c1-16(2,3)21-15(20)18-10-6-7-13(12-18)11-14(19)17-8-4-5-9-17/h4,13H,5-12H2,1-3H3/t13-/m0/s1. The number of likely N-dealkylation sites (tertiary alicyclic amines) is 2. The minimum absolute atomic E-state index is 0.222. The van der Waals surface area contributed by atoms with Crippen molar-refractivity contribution in [1.29, 1.82) is 0 Å². The van der Waals surface area contributed by atoms with Gasteiger partial charge in [-0.15, -0.1) is 0 Å². The van der Waals surface area contributed by atoms with Crippen LogP contribution in [0.3, 0.4) is 0 Å². The van der Waals surface area contributed by atoms with E-state index in [1.165, 1.54) is 0 Å². The molecule has 0 unspecified atom stereocenters. The quantitative estimate of drug-likeness (QED) is 0.786. The predicted octanol–water partition coefficient (Wildman–Crippen LogP) is 2.46. The molecule has 0 spiro atoms. The number of piperidine rings is 1. The Balaban J connectivity index is 1.82. The van der Waals surface area contributed by atoms with Crippen molar-refractivity contribution in [1.82, 2.24) is 9.80 Å². The molecule has 0 N–H and O–H groups in total. The summed E-state index contributed by atoms with van der Waals surface area (Å²) < 4.78 is 5.42. The molecule has 0 aliphatic carbocycles. The van der Waals surface area contributed by atoms with Gasteiger partial charge in [0, 0.05) is 32.6 Å². The third kappa shape index (κ3) is 4.90. The van der Waals surface area contributed by atoms with Gasteiger partial charge in [-0.3, -0.25) is 4.79 Å². The maximum absolute atomic E-state index is 12.2. The van der Waals surface area contributed by atoms with Gasteiger partial charge >= 0.3 is 6.09 Å². The fourth-order valence-corrected chi connectivity index (χ4v) is 2.91. The molecule has 2 amide bonds. The van der Waals surface area contributed by atoms with E-state index in [9.17, 15) is 9.59 Å². The van der Waals surface area contributed by atoms with E-state index in [-0.39, 0.29) is 17.9 Å². The summed E-state index contributed by atoms with van der Waals surface area (Å²) in [6, 6.07) is 0. The number of amides is 2. The lowest BCUT2D eigenvalue weighted by Crippen LogP contribution is -2.44. The van der Waals surface area contributed by atoms with Crippen molar-refractivity contribution in [2.24, 2.45) is 5.92 Å². The van der Waals surface area contributed by atoms with Crippen molar-refractivity contribution < 1.29 is 14.3 Å². The first-order chi connectivity index (χ1) is 9.85. The molecule has 2 rings (SSSR count). The van der Waals surface area contributed by atoms with E-state index in [0.29, 0.717) is 13.0 Å². The van der Waals surface area contributed by atoms with Crippen molar-refractivity contribution in [3.63, 3.8) is 0 Å². The first-order valence-corrected chi connectivity index (χ1v) is 7.92. The number of hydrogen-bond acceptors (Lipinski definition) is 3. The van der Waals surface area contributed by atoms with Crippen LogP contribution >= 0.6 is 0 Å². The van der Waals surface area contributed by atoms with Crippen molar-refractivity contribution in [2.45, 2.75) is 52.1 Å². The van der Waals surface area contributed by atoms with Crippen molar-refractivity contribution in [2.75, 3.05) is 26.2 Å².